The molecule has 4 rings (SSSR count). The third kappa shape index (κ3) is 4.29. The maximum atomic E-state index is 12.5. The molecule has 2 atom stereocenters. The minimum Gasteiger partial charge on any atom is -0.479 e. The lowest BCUT2D eigenvalue weighted by Crippen LogP contribution is -2.46. The molecule has 0 radical (unpaired) electrons. The summed E-state index contributed by atoms with van der Waals surface area (Å²) in [6.45, 7) is 4.58. The first kappa shape index (κ1) is 19.5. The number of nitrogens with one attached hydrogen (secondary N) is 1. The summed E-state index contributed by atoms with van der Waals surface area (Å²) in [5.41, 5.74) is 0.717. The van der Waals surface area contributed by atoms with Gasteiger partial charge in [-0.2, -0.15) is 0 Å². The molecule has 1 aromatic carbocycles. The second-order valence-electron chi connectivity index (χ2n) is 7.55. The number of hydrogen-bond donors (Lipinski definition) is 1. The Hall–Kier alpha value is -2.80. The fraction of sp³-hybridized carbons (Fsp3) is 0.455. The van der Waals surface area contributed by atoms with Crippen molar-refractivity contribution in [2.45, 2.75) is 38.3 Å². The van der Waals surface area contributed by atoms with Gasteiger partial charge in [0.1, 0.15) is 11.5 Å². The van der Waals surface area contributed by atoms with Gasteiger partial charge >= 0.3 is 0 Å². The van der Waals surface area contributed by atoms with Crippen LogP contribution in [0.2, 0.25) is 0 Å². The molecule has 1 N–H and O–H groups in total. The van der Waals surface area contributed by atoms with E-state index in [9.17, 15) is 9.59 Å². The van der Waals surface area contributed by atoms with E-state index in [-0.39, 0.29) is 24.3 Å². The van der Waals surface area contributed by atoms with Crippen molar-refractivity contribution in [2.24, 2.45) is 0 Å². The molecule has 0 spiro atoms. The lowest BCUT2D eigenvalue weighted by atomic mass is 10.1. The highest BCUT2D eigenvalue weighted by molar-refractivity contribution is 6.00. The molecule has 0 bridgehead atoms. The highest BCUT2D eigenvalue weighted by atomic mass is 16.5. The molecular formula is C22H27N3O4. The van der Waals surface area contributed by atoms with E-state index in [0.717, 1.165) is 18.8 Å². The summed E-state index contributed by atoms with van der Waals surface area (Å²) in [6.07, 6.45) is 3.69. The van der Waals surface area contributed by atoms with Crippen molar-refractivity contribution in [3.8, 4) is 5.75 Å². The summed E-state index contributed by atoms with van der Waals surface area (Å²) in [4.78, 5) is 29.1. The third-order valence-corrected chi connectivity index (χ3v) is 5.58. The molecule has 2 aromatic rings. The summed E-state index contributed by atoms with van der Waals surface area (Å²) in [5.74, 6) is 1.34. The van der Waals surface area contributed by atoms with E-state index >= 15 is 0 Å². The van der Waals surface area contributed by atoms with Gasteiger partial charge in [-0.05, 0) is 57.1 Å². The molecular weight excluding hydrogens is 370 g/mol. The predicted molar refractivity (Wildman–Crippen MR) is 109 cm³/mol. The van der Waals surface area contributed by atoms with Crippen molar-refractivity contribution in [2.75, 3.05) is 31.1 Å². The highest BCUT2D eigenvalue weighted by Crippen LogP contribution is 2.33. The van der Waals surface area contributed by atoms with Crippen LogP contribution in [0.4, 0.5) is 5.69 Å². The van der Waals surface area contributed by atoms with Crippen LogP contribution in [0.25, 0.3) is 0 Å². The van der Waals surface area contributed by atoms with E-state index in [4.69, 9.17) is 9.15 Å². The summed E-state index contributed by atoms with van der Waals surface area (Å²) in [5, 5.41) is 3.03. The number of likely N-dealkylation sites (tertiary alicyclic amines) is 1. The molecule has 3 heterocycles. The molecule has 7 nitrogen and oxygen atoms in total. The molecule has 1 saturated heterocycles. The van der Waals surface area contributed by atoms with Gasteiger partial charge in [0.25, 0.3) is 5.91 Å². The average Bonchev–Trinajstić information content (AvgIpc) is 3.43. The Labute approximate surface area is 170 Å². The number of benzene rings is 1. The number of rotatable bonds is 7. The Morgan fingerprint density at radius 3 is 2.76 bits per heavy atom. The monoisotopic (exact) mass is 397 g/mol. The maximum Gasteiger partial charge on any atom is 0.267 e. The van der Waals surface area contributed by atoms with E-state index in [2.05, 4.69) is 10.2 Å². The molecule has 2 unspecified atom stereocenters. The third-order valence-electron chi connectivity index (χ3n) is 5.58. The van der Waals surface area contributed by atoms with Gasteiger partial charge < -0.3 is 19.4 Å². The van der Waals surface area contributed by atoms with Crippen LogP contribution in [0.15, 0.2) is 47.1 Å². The zero-order chi connectivity index (χ0) is 20.2. The first-order chi connectivity index (χ1) is 14.1. The minimum atomic E-state index is -0.550. The molecule has 1 aromatic heterocycles. The molecule has 0 aliphatic carbocycles. The number of nitrogens with zero attached hydrogens (tertiary/aromatic N) is 2. The number of ether oxygens (including phenoxy) is 1. The van der Waals surface area contributed by atoms with Crippen LogP contribution < -0.4 is 15.0 Å². The molecule has 29 heavy (non-hydrogen) atoms. The number of fused-ring (bicyclic) bond motifs is 1. The Kier molecular flexibility index (Phi) is 5.85. The molecule has 1 fully saturated rings. The van der Waals surface area contributed by atoms with Crippen LogP contribution in [0.5, 0.6) is 5.75 Å². The standard InChI is InChI=1S/C22H27N3O4/c1-16-22(27)25(17-7-2-3-8-20(17)29-16)13-10-21(26)23-15-18(19-9-6-14-28-19)24-11-4-5-12-24/h2-3,6-9,14,16,18H,4-5,10-13,15H2,1H3,(H,23,26). The second-order valence-corrected chi connectivity index (χ2v) is 7.55. The zero-order valence-electron chi connectivity index (χ0n) is 16.7. The topological polar surface area (TPSA) is 75.0 Å². The van der Waals surface area contributed by atoms with E-state index in [1.807, 2.05) is 36.4 Å². The molecule has 2 aliphatic rings. The van der Waals surface area contributed by atoms with Crippen molar-refractivity contribution in [3.63, 3.8) is 0 Å². The van der Waals surface area contributed by atoms with E-state index in [1.165, 1.54) is 12.8 Å². The van der Waals surface area contributed by atoms with E-state index < -0.39 is 6.10 Å². The van der Waals surface area contributed by atoms with Gasteiger partial charge in [0.05, 0.1) is 18.0 Å². The number of amides is 2. The quantitative estimate of drug-likeness (QED) is 0.778. The van der Waals surface area contributed by atoms with Crippen molar-refractivity contribution in [3.05, 3.63) is 48.4 Å². The number of anilines is 1. The van der Waals surface area contributed by atoms with Crippen molar-refractivity contribution < 1.29 is 18.7 Å². The summed E-state index contributed by atoms with van der Waals surface area (Å²) < 4.78 is 11.3. The van der Waals surface area contributed by atoms with Crippen LogP contribution in [0, 0.1) is 0 Å². The lowest BCUT2D eigenvalue weighted by Gasteiger charge is -2.33. The van der Waals surface area contributed by atoms with Crippen LogP contribution in [-0.2, 0) is 9.59 Å². The van der Waals surface area contributed by atoms with Crippen molar-refractivity contribution in [1.82, 2.24) is 10.2 Å². The van der Waals surface area contributed by atoms with Crippen molar-refractivity contribution in [1.29, 1.82) is 0 Å². The largest absolute Gasteiger partial charge is 0.479 e. The van der Waals surface area contributed by atoms with Crippen LogP contribution in [-0.4, -0.2) is 49.0 Å². The average molecular weight is 397 g/mol. The van der Waals surface area contributed by atoms with E-state index in [1.54, 1.807) is 18.1 Å². The Morgan fingerprint density at radius 2 is 2.00 bits per heavy atom. The van der Waals surface area contributed by atoms with Gasteiger partial charge in [-0.1, -0.05) is 12.1 Å². The van der Waals surface area contributed by atoms with E-state index in [0.29, 0.717) is 24.5 Å². The van der Waals surface area contributed by atoms with Gasteiger partial charge in [0, 0.05) is 19.5 Å². The molecule has 154 valence electrons. The van der Waals surface area contributed by atoms with Gasteiger partial charge in [-0.25, -0.2) is 0 Å². The SMILES string of the molecule is CC1Oc2ccccc2N(CCC(=O)NCC(c2ccco2)N2CCCC2)C1=O. The van der Waals surface area contributed by atoms with Crippen LogP contribution >= 0.6 is 0 Å². The van der Waals surface area contributed by atoms with Gasteiger partial charge in [-0.15, -0.1) is 0 Å². The number of carbonyl (C=O) groups is 2. The summed E-state index contributed by atoms with van der Waals surface area (Å²) >= 11 is 0. The predicted octanol–water partition coefficient (Wildman–Crippen LogP) is 2.74. The van der Waals surface area contributed by atoms with Gasteiger partial charge in [0.15, 0.2) is 6.10 Å². The molecule has 0 saturated carbocycles. The van der Waals surface area contributed by atoms with Crippen LogP contribution in [0.1, 0.15) is 38.0 Å². The Balaban J connectivity index is 1.35. The minimum absolute atomic E-state index is 0.0437. The maximum absolute atomic E-state index is 12.5. The molecule has 2 aliphatic heterocycles. The zero-order valence-corrected chi connectivity index (χ0v) is 16.7. The highest BCUT2D eigenvalue weighted by Gasteiger charge is 2.31. The summed E-state index contributed by atoms with van der Waals surface area (Å²) in [6, 6.07) is 11.3. The first-order valence-electron chi connectivity index (χ1n) is 10.2. The Bertz CT molecular complexity index is 846. The fourth-order valence-electron chi connectivity index (χ4n) is 4.05. The second kappa shape index (κ2) is 8.69. The number of para-hydroxylation sites is 2. The fourth-order valence-corrected chi connectivity index (χ4v) is 4.05. The Morgan fingerprint density at radius 1 is 1.21 bits per heavy atom. The number of carbonyl (C=O) groups excluding carboxylic acids is 2. The first-order valence-corrected chi connectivity index (χ1v) is 10.2. The lowest BCUT2D eigenvalue weighted by molar-refractivity contribution is -0.125. The van der Waals surface area contributed by atoms with Gasteiger partial charge in [0.2, 0.25) is 5.91 Å². The smallest absolute Gasteiger partial charge is 0.267 e. The van der Waals surface area contributed by atoms with Crippen LogP contribution in [0.3, 0.4) is 0 Å². The van der Waals surface area contributed by atoms with Crippen molar-refractivity contribution >= 4 is 17.5 Å². The normalized spacial score (nSPS) is 20.2. The molecule has 7 heteroatoms. The molecule has 2 amide bonds. The number of furan rings is 1. The van der Waals surface area contributed by atoms with Gasteiger partial charge in [-0.3, -0.25) is 14.5 Å². The number of hydrogen-bond acceptors (Lipinski definition) is 5. The summed E-state index contributed by atoms with van der Waals surface area (Å²) in [7, 11) is 0.